The topological polar surface area (TPSA) is 66.1 Å². The first kappa shape index (κ1) is 24.5. The molecule has 1 amide bonds. The van der Waals surface area contributed by atoms with Gasteiger partial charge in [0.15, 0.2) is 0 Å². The average molecular weight is 504 g/mol. The molecule has 0 unspecified atom stereocenters. The van der Waals surface area contributed by atoms with E-state index in [1.165, 1.54) is 6.07 Å². The first-order valence-corrected chi connectivity index (χ1v) is 12.0. The van der Waals surface area contributed by atoms with Crippen LogP contribution in [0.5, 0.6) is 0 Å². The van der Waals surface area contributed by atoms with E-state index in [0.717, 1.165) is 23.3 Å². The fourth-order valence-electron chi connectivity index (χ4n) is 4.75. The molecule has 2 heterocycles. The molecule has 37 heavy (non-hydrogen) atoms. The van der Waals surface area contributed by atoms with Gasteiger partial charge in [-0.25, -0.2) is 4.98 Å². The molecule has 188 valence electrons. The highest BCUT2D eigenvalue weighted by molar-refractivity contribution is 5.87. The van der Waals surface area contributed by atoms with Crippen LogP contribution >= 0.6 is 0 Å². The number of nitrogens with zero attached hydrogens (tertiary/aromatic N) is 2. The molecule has 1 aliphatic heterocycles. The highest BCUT2D eigenvalue weighted by Gasteiger charge is 2.32. The van der Waals surface area contributed by atoms with E-state index in [1.54, 1.807) is 11.0 Å². The van der Waals surface area contributed by atoms with Gasteiger partial charge < -0.3 is 9.88 Å². The Hall–Kier alpha value is -4.20. The number of aromatic amines is 1. The molecule has 4 aromatic rings. The molecule has 8 heteroatoms. The molecular weight excluding hydrogens is 479 g/mol. The summed E-state index contributed by atoms with van der Waals surface area (Å²) in [5, 5.41) is 0. The number of halogens is 3. The number of amides is 1. The van der Waals surface area contributed by atoms with E-state index in [9.17, 15) is 22.8 Å². The Morgan fingerprint density at radius 2 is 1.59 bits per heavy atom. The van der Waals surface area contributed by atoms with Crippen LogP contribution in [0.3, 0.4) is 0 Å². The molecule has 0 spiro atoms. The normalized spacial score (nSPS) is 13.5. The molecule has 3 aromatic carbocycles. The lowest BCUT2D eigenvalue weighted by Gasteiger charge is -2.31. The van der Waals surface area contributed by atoms with Gasteiger partial charge in [0.25, 0.3) is 5.56 Å². The maximum absolute atomic E-state index is 13.7. The Balaban J connectivity index is 1.39. The van der Waals surface area contributed by atoms with E-state index >= 15 is 0 Å². The maximum Gasteiger partial charge on any atom is 0.416 e. The van der Waals surface area contributed by atoms with Crippen molar-refractivity contribution in [3.63, 3.8) is 0 Å². The van der Waals surface area contributed by atoms with Crippen molar-refractivity contribution < 1.29 is 18.0 Å². The van der Waals surface area contributed by atoms with Gasteiger partial charge >= 0.3 is 6.18 Å². The van der Waals surface area contributed by atoms with E-state index in [1.807, 2.05) is 60.7 Å². The van der Waals surface area contributed by atoms with Crippen molar-refractivity contribution in [1.29, 1.82) is 0 Å². The zero-order chi connectivity index (χ0) is 26.0. The number of benzene rings is 3. The van der Waals surface area contributed by atoms with Crippen molar-refractivity contribution in [3.8, 4) is 0 Å². The van der Waals surface area contributed by atoms with Crippen molar-refractivity contribution in [2.45, 2.75) is 31.5 Å². The molecule has 5 rings (SSSR count). The summed E-state index contributed by atoms with van der Waals surface area (Å²) < 4.78 is 39.2. The Kier molecular flexibility index (Phi) is 6.65. The Morgan fingerprint density at radius 3 is 2.22 bits per heavy atom. The Labute approximate surface area is 211 Å². The first-order chi connectivity index (χ1) is 17.8. The second kappa shape index (κ2) is 10.0. The van der Waals surface area contributed by atoms with Gasteiger partial charge in [-0.15, -0.1) is 0 Å². The number of rotatable bonds is 5. The van der Waals surface area contributed by atoms with Gasteiger partial charge in [0.1, 0.15) is 5.82 Å². The van der Waals surface area contributed by atoms with Crippen LogP contribution in [-0.2, 0) is 30.4 Å². The average Bonchev–Trinajstić information content (AvgIpc) is 2.89. The molecule has 5 nitrogen and oxygen atoms in total. The molecule has 0 aliphatic carbocycles. The van der Waals surface area contributed by atoms with Gasteiger partial charge in [-0.2, -0.15) is 13.2 Å². The number of carbonyl (C=O) groups is 1. The van der Waals surface area contributed by atoms with Crippen molar-refractivity contribution in [1.82, 2.24) is 14.9 Å². The van der Waals surface area contributed by atoms with E-state index < -0.39 is 17.7 Å². The monoisotopic (exact) mass is 503 g/mol. The third-order valence-corrected chi connectivity index (χ3v) is 6.57. The molecule has 0 radical (unpaired) electrons. The van der Waals surface area contributed by atoms with Gasteiger partial charge in [0.05, 0.1) is 29.3 Å². The standard InChI is InChI=1S/C29H24F3N3O2/c30-29(31,32)22-13-7-8-19(16-22)17-25-33-24-14-15-35(18-23(24)27(36)34-25)28(37)26(20-9-3-1-4-10-20)21-11-5-2-6-12-21/h1-13,16,26H,14-15,17-18H2,(H,33,34,36). The van der Waals surface area contributed by atoms with Crippen LogP contribution in [0.1, 0.15) is 45.3 Å². The zero-order valence-corrected chi connectivity index (χ0v) is 19.8. The third kappa shape index (κ3) is 5.33. The number of nitrogens with one attached hydrogen (secondary N) is 1. The second-order valence-corrected chi connectivity index (χ2v) is 9.08. The van der Waals surface area contributed by atoms with Gasteiger partial charge in [-0.05, 0) is 22.8 Å². The van der Waals surface area contributed by atoms with Crippen LogP contribution in [0.15, 0.2) is 89.7 Å². The summed E-state index contributed by atoms with van der Waals surface area (Å²) >= 11 is 0. The smallest absolute Gasteiger partial charge is 0.337 e. The number of hydrogen-bond donors (Lipinski definition) is 1. The van der Waals surface area contributed by atoms with E-state index in [-0.39, 0.29) is 24.4 Å². The Bertz CT molecular complexity index is 1430. The Morgan fingerprint density at radius 1 is 0.946 bits per heavy atom. The number of H-pyrrole nitrogens is 1. The van der Waals surface area contributed by atoms with Crippen LogP contribution in [-0.4, -0.2) is 27.3 Å². The van der Waals surface area contributed by atoms with Crippen LogP contribution < -0.4 is 5.56 Å². The number of fused-ring (bicyclic) bond motifs is 1. The largest absolute Gasteiger partial charge is 0.416 e. The fourth-order valence-corrected chi connectivity index (χ4v) is 4.75. The van der Waals surface area contributed by atoms with E-state index in [2.05, 4.69) is 9.97 Å². The van der Waals surface area contributed by atoms with E-state index in [0.29, 0.717) is 35.6 Å². The molecule has 1 aromatic heterocycles. The zero-order valence-electron chi connectivity index (χ0n) is 19.8. The van der Waals surface area contributed by atoms with Crippen LogP contribution in [0, 0.1) is 0 Å². The van der Waals surface area contributed by atoms with E-state index in [4.69, 9.17) is 0 Å². The fraction of sp³-hybridized carbons (Fsp3) is 0.207. The summed E-state index contributed by atoms with van der Waals surface area (Å²) in [5.74, 6) is -0.305. The minimum atomic E-state index is -4.44. The molecule has 1 N–H and O–H groups in total. The number of carbonyl (C=O) groups excluding carboxylic acids is 1. The third-order valence-electron chi connectivity index (χ3n) is 6.57. The second-order valence-electron chi connectivity index (χ2n) is 9.08. The van der Waals surface area contributed by atoms with Crippen molar-refractivity contribution >= 4 is 5.91 Å². The lowest BCUT2D eigenvalue weighted by Crippen LogP contribution is -2.42. The van der Waals surface area contributed by atoms with Crippen LogP contribution in [0.4, 0.5) is 13.2 Å². The number of hydrogen-bond acceptors (Lipinski definition) is 3. The molecule has 0 saturated heterocycles. The maximum atomic E-state index is 13.7. The predicted molar refractivity (Wildman–Crippen MR) is 133 cm³/mol. The first-order valence-electron chi connectivity index (χ1n) is 12.0. The van der Waals surface area contributed by atoms with Crippen molar-refractivity contribution in [2.24, 2.45) is 0 Å². The van der Waals surface area contributed by atoms with Crippen LogP contribution in [0.2, 0.25) is 0 Å². The SMILES string of the molecule is O=C(C(c1ccccc1)c1ccccc1)N1CCc2nc(Cc3cccc(C(F)(F)F)c3)[nH]c(=O)c2C1. The molecular formula is C29H24F3N3O2. The summed E-state index contributed by atoms with van der Waals surface area (Å²) in [6.07, 6.45) is -3.99. The highest BCUT2D eigenvalue weighted by Crippen LogP contribution is 2.31. The summed E-state index contributed by atoms with van der Waals surface area (Å²) in [6.45, 7) is 0.512. The minimum Gasteiger partial charge on any atom is -0.337 e. The van der Waals surface area contributed by atoms with Gasteiger partial charge in [0.2, 0.25) is 5.91 Å². The number of aromatic nitrogens is 2. The summed E-state index contributed by atoms with van der Waals surface area (Å²) in [5.41, 5.74) is 2.00. The van der Waals surface area contributed by atoms with Gasteiger partial charge in [-0.1, -0.05) is 78.9 Å². The molecule has 0 atom stereocenters. The summed E-state index contributed by atoms with van der Waals surface area (Å²) in [4.78, 5) is 35.6. The highest BCUT2D eigenvalue weighted by atomic mass is 19.4. The lowest BCUT2D eigenvalue weighted by atomic mass is 9.89. The van der Waals surface area contributed by atoms with Gasteiger partial charge in [-0.3, -0.25) is 9.59 Å². The van der Waals surface area contributed by atoms with Gasteiger partial charge in [0, 0.05) is 19.4 Å². The predicted octanol–water partition coefficient (Wildman–Crippen LogP) is 5.10. The number of alkyl halides is 3. The van der Waals surface area contributed by atoms with Crippen LogP contribution in [0.25, 0.3) is 0 Å². The molecule has 0 saturated carbocycles. The summed E-state index contributed by atoms with van der Waals surface area (Å²) in [6, 6.07) is 24.0. The van der Waals surface area contributed by atoms with Crippen molar-refractivity contribution in [2.75, 3.05) is 6.54 Å². The van der Waals surface area contributed by atoms with Crippen molar-refractivity contribution in [3.05, 3.63) is 135 Å². The minimum absolute atomic E-state index is 0.0686. The molecule has 0 bridgehead atoms. The quantitative estimate of drug-likeness (QED) is 0.412. The molecule has 0 fully saturated rings. The lowest BCUT2D eigenvalue weighted by molar-refractivity contribution is -0.137. The summed E-state index contributed by atoms with van der Waals surface area (Å²) in [7, 11) is 0. The molecule has 1 aliphatic rings.